The minimum Gasteiger partial charge on any atom is -0.397 e. The third-order valence-corrected chi connectivity index (χ3v) is 0.996. The fourth-order valence-corrected chi connectivity index (χ4v) is 0.511. The summed E-state index contributed by atoms with van der Waals surface area (Å²) in [5.74, 6) is 0. The number of rotatable bonds is 0. The van der Waals surface area contributed by atoms with Gasteiger partial charge in [-0.15, -0.1) is 0 Å². The van der Waals surface area contributed by atoms with Gasteiger partial charge < -0.3 is 17.2 Å². The second kappa shape index (κ2) is 5.10. The van der Waals surface area contributed by atoms with E-state index in [1.54, 1.807) is 12.1 Å². The molecule has 1 aromatic carbocycles. The number of hydrogen-bond acceptors (Lipinski definition) is 3. The predicted molar refractivity (Wildman–Crippen MR) is 45.5 cm³/mol. The number of nitrogen functional groups attached to an aromatic ring is 2. The van der Waals surface area contributed by atoms with Gasteiger partial charge in [-0.1, -0.05) is 12.1 Å². The molecule has 0 radical (unpaired) electrons. The zero-order valence-corrected chi connectivity index (χ0v) is 6.03. The Labute approximate surface area is 65.0 Å². The van der Waals surface area contributed by atoms with Gasteiger partial charge in [0.15, 0.2) is 0 Å². The van der Waals surface area contributed by atoms with Gasteiger partial charge in [-0.05, 0) is 12.1 Å². The van der Waals surface area contributed by atoms with E-state index in [9.17, 15) is 0 Å². The minimum absolute atomic E-state index is 0.250. The third-order valence-electron chi connectivity index (χ3n) is 0.996. The number of carbonyl (C=O) groups is 1. The summed E-state index contributed by atoms with van der Waals surface area (Å²) in [5, 5.41) is 0. The first-order chi connectivity index (χ1) is 5.22. The van der Waals surface area contributed by atoms with Crippen LogP contribution in [-0.2, 0) is 4.79 Å². The van der Waals surface area contributed by atoms with E-state index in [-0.39, 0.29) is 6.41 Å². The summed E-state index contributed by atoms with van der Waals surface area (Å²) in [4.78, 5) is 8.58. The van der Waals surface area contributed by atoms with Crippen LogP contribution in [-0.4, -0.2) is 6.41 Å². The van der Waals surface area contributed by atoms with E-state index < -0.39 is 0 Å². The predicted octanol–water partition coefficient (Wildman–Crippen LogP) is -0.0475. The van der Waals surface area contributed by atoms with Crippen LogP contribution in [0.5, 0.6) is 0 Å². The second-order valence-corrected chi connectivity index (χ2v) is 1.76. The van der Waals surface area contributed by atoms with Gasteiger partial charge in [0.2, 0.25) is 6.41 Å². The normalized spacial score (nSPS) is 7.64. The number of nitrogens with two attached hydrogens (primary N) is 3. The first kappa shape index (κ1) is 9.29. The summed E-state index contributed by atoms with van der Waals surface area (Å²) in [7, 11) is 0. The molecule has 0 fully saturated rings. The quantitative estimate of drug-likeness (QED) is 0.360. The summed E-state index contributed by atoms with van der Waals surface area (Å²) >= 11 is 0. The molecule has 0 spiro atoms. The van der Waals surface area contributed by atoms with Crippen molar-refractivity contribution in [2.24, 2.45) is 5.73 Å². The summed E-state index contributed by atoms with van der Waals surface area (Å²) in [6.07, 6.45) is 0.250. The van der Waals surface area contributed by atoms with Crippen molar-refractivity contribution < 1.29 is 4.79 Å². The average Bonchev–Trinajstić information content (AvgIpc) is 1.97. The van der Waals surface area contributed by atoms with Gasteiger partial charge in [0.1, 0.15) is 0 Å². The Hall–Kier alpha value is -1.71. The van der Waals surface area contributed by atoms with E-state index in [1.165, 1.54) is 0 Å². The Morgan fingerprint density at radius 1 is 1.09 bits per heavy atom. The SMILES string of the molecule is NC=O.Nc1ccccc1N. The van der Waals surface area contributed by atoms with E-state index in [1.807, 2.05) is 12.1 Å². The Bertz CT molecular complexity index is 204. The van der Waals surface area contributed by atoms with Crippen LogP contribution >= 0.6 is 0 Å². The van der Waals surface area contributed by atoms with Crippen LogP contribution in [0.2, 0.25) is 0 Å². The number of amides is 1. The van der Waals surface area contributed by atoms with Crippen molar-refractivity contribution in [3.05, 3.63) is 24.3 Å². The molecule has 0 saturated carbocycles. The van der Waals surface area contributed by atoms with E-state index in [2.05, 4.69) is 5.73 Å². The van der Waals surface area contributed by atoms with Crippen molar-refractivity contribution in [3.8, 4) is 0 Å². The Morgan fingerprint density at radius 3 is 1.55 bits per heavy atom. The van der Waals surface area contributed by atoms with E-state index >= 15 is 0 Å². The maximum Gasteiger partial charge on any atom is 0.204 e. The van der Waals surface area contributed by atoms with Crippen LogP contribution in [0.1, 0.15) is 0 Å². The van der Waals surface area contributed by atoms with Crippen molar-refractivity contribution in [3.63, 3.8) is 0 Å². The molecule has 0 aliphatic heterocycles. The van der Waals surface area contributed by atoms with Gasteiger partial charge in [0, 0.05) is 0 Å². The molecule has 1 aromatic rings. The van der Waals surface area contributed by atoms with Gasteiger partial charge in [-0.25, -0.2) is 0 Å². The number of hydrogen-bond donors (Lipinski definition) is 3. The van der Waals surface area contributed by atoms with Gasteiger partial charge in [0.25, 0.3) is 0 Å². The maximum absolute atomic E-state index is 8.58. The summed E-state index contributed by atoms with van der Waals surface area (Å²) in [6.45, 7) is 0. The molecule has 0 unspecified atom stereocenters. The lowest BCUT2D eigenvalue weighted by Crippen LogP contribution is -1.91. The molecular weight excluding hydrogens is 142 g/mol. The molecule has 4 nitrogen and oxygen atoms in total. The Balaban J connectivity index is 0.000000292. The van der Waals surface area contributed by atoms with E-state index in [0.29, 0.717) is 11.4 Å². The molecule has 6 N–H and O–H groups in total. The molecule has 4 heteroatoms. The van der Waals surface area contributed by atoms with Crippen LogP contribution in [0.25, 0.3) is 0 Å². The Kier molecular flexibility index (Phi) is 4.31. The molecule has 60 valence electrons. The molecule has 0 atom stereocenters. The van der Waals surface area contributed by atoms with Crippen LogP contribution in [0.3, 0.4) is 0 Å². The highest BCUT2D eigenvalue weighted by Gasteiger charge is 1.85. The first-order valence-electron chi connectivity index (χ1n) is 2.97. The van der Waals surface area contributed by atoms with Crippen LogP contribution < -0.4 is 17.2 Å². The van der Waals surface area contributed by atoms with Gasteiger partial charge in [0.05, 0.1) is 11.4 Å². The topological polar surface area (TPSA) is 95.1 Å². The zero-order valence-electron chi connectivity index (χ0n) is 6.03. The smallest absolute Gasteiger partial charge is 0.204 e. The molecular formula is C7H11N3O. The number of anilines is 2. The largest absolute Gasteiger partial charge is 0.397 e. The highest BCUT2D eigenvalue weighted by Crippen LogP contribution is 2.10. The zero-order chi connectivity index (χ0) is 8.69. The number of para-hydroxylation sites is 2. The van der Waals surface area contributed by atoms with Crippen molar-refractivity contribution in [1.82, 2.24) is 0 Å². The van der Waals surface area contributed by atoms with Crippen LogP contribution in [0.15, 0.2) is 24.3 Å². The number of primary amides is 1. The molecule has 0 bridgehead atoms. The monoisotopic (exact) mass is 153 g/mol. The van der Waals surface area contributed by atoms with Crippen molar-refractivity contribution in [1.29, 1.82) is 0 Å². The Morgan fingerprint density at radius 2 is 1.36 bits per heavy atom. The molecule has 0 aliphatic carbocycles. The van der Waals surface area contributed by atoms with Gasteiger partial charge in [-0.3, -0.25) is 4.79 Å². The standard InChI is InChI=1S/C6H8N2.CH3NO/c7-5-3-1-2-4-6(5)8;2-1-3/h1-4H,7-8H2;1H,(H2,2,3). The summed E-state index contributed by atoms with van der Waals surface area (Å²) in [5.41, 5.74) is 16.2. The fourth-order valence-electron chi connectivity index (χ4n) is 0.511. The molecule has 1 rings (SSSR count). The minimum atomic E-state index is 0.250. The molecule has 1 amide bonds. The molecule has 0 heterocycles. The van der Waals surface area contributed by atoms with E-state index in [4.69, 9.17) is 16.3 Å². The lowest BCUT2D eigenvalue weighted by Gasteiger charge is -1.94. The highest BCUT2D eigenvalue weighted by atomic mass is 16.1. The molecule has 11 heavy (non-hydrogen) atoms. The van der Waals surface area contributed by atoms with Crippen LogP contribution in [0.4, 0.5) is 11.4 Å². The lowest BCUT2D eigenvalue weighted by molar-refractivity contribution is -0.106. The second-order valence-electron chi connectivity index (χ2n) is 1.76. The molecule has 0 aromatic heterocycles. The van der Waals surface area contributed by atoms with Crippen molar-refractivity contribution in [2.45, 2.75) is 0 Å². The fraction of sp³-hybridized carbons (Fsp3) is 0. The lowest BCUT2D eigenvalue weighted by atomic mass is 10.3. The van der Waals surface area contributed by atoms with E-state index in [0.717, 1.165) is 0 Å². The first-order valence-corrected chi connectivity index (χ1v) is 2.97. The summed E-state index contributed by atoms with van der Waals surface area (Å²) in [6, 6.07) is 7.25. The molecule has 0 saturated heterocycles. The van der Waals surface area contributed by atoms with Crippen molar-refractivity contribution in [2.75, 3.05) is 11.5 Å². The summed E-state index contributed by atoms with van der Waals surface area (Å²) < 4.78 is 0. The number of carbonyl (C=O) groups excluding carboxylic acids is 1. The van der Waals surface area contributed by atoms with Crippen LogP contribution in [0, 0.1) is 0 Å². The molecule has 0 aliphatic rings. The van der Waals surface area contributed by atoms with Gasteiger partial charge >= 0.3 is 0 Å². The average molecular weight is 153 g/mol. The highest BCUT2D eigenvalue weighted by molar-refractivity contribution is 5.62. The van der Waals surface area contributed by atoms with Crippen molar-refractivity contribution >= 4 is 17.8 Å². The van der Waals surface area contributed by atoms with Gasteiger partial charge in [-0.2, -0.15) is 0 Å². The third kappa shape index (κ3) is 3.80. The maximum atomic E-state index is 8.58. The number of benzene rings is 1.